The van der Waals surface area contributed by atoms with Crippen LogP contribution >= 0.6 is 0 Å². The highest BCUT2D eigenvalue weighted by atomic mass is 15.1. The van der Waals surface area contributed by atoms with Crippen LogP contribution in [0, 0.1) is 6.92 Å². The Balaban J connectivity index is 1.90. The average molecular weight is 206 g/mol. The van der Waals surface area contributed by atoms with Crippen molar-refractivity contribution in [3.63, 3.8) is 0 Å². The van der Waals surface area contributed by atoms with Gasteiger partial charge in [0.1, 0.15) is 11.6 Å². The van der Waals surface area contributed by atoms with Crippen LogP contribution in [0.5, 0.6) is 0 Å². The van der Waals surface area contributed by atoms with Crippen molar-refractivity contribution in [2.75, 3.05) is 25.4 Å². The summed E-state index contributed by atoms with van der Waals surface area (Å²) in [6.45, 7) is 5.37. The molecule has 0 saturated carbocycles. The standard InChI is InChI=1S/C11H18N4/c1-9-13-10(11(12)14-9)5-4-8-15-6-2-3-7-15/h4-5H,2-3,6-8,12H2,1H3,(H,13,14)/b5-4-. The number of anilines is 1. The number of aromatic nitrogens is 2. The molecule has 0 atom stereocenters. The number of H-pyrrole nitrogens is 1. The van der Waals surface area contributed by atoms with Crippen LogP contribution in [0.2, 0.25) is 0 Å². The second-order valence-electron chi connectivity index (χ2n) is 4.03. The van der Waals surface area contributed by atoms with Crippen molar-refractivity contribution in [1.29, 1.82) is 0 Å². The molecule has 3 N–H and O–H groups in total. The summed E-state index contributed by atoms with van der Waals surface area (Å²) in [6, 6.07) is 0. The maximum Gasteiger partial charge on any atom is 0.149 e. The van der Waals surface area contributed by atoms with E-state index in [0.29, 0.717) is 5.82 Å². The van der Waals surface area contributed by atoms with E-state index in [1.54, 1.807) is 0 Å². The van der Waals surface area contributed by atoms with E-state index in [4.69, 9.17) is 5.73 Å². The summed E-state index contributed by atoms with van der Waals surface area (Å²) in [4.78, 5) is 9.69. The fourth-order valence-electron chi connectivity index (χ4n) is 1.94. The molecule has 15 heavy (non-hydrogen) atoms. The fraction of sp³-hybridized carbons (Fsp3) is 0.545. The van der Waals surface area contributed by atoms with E-state index < -0.39 is 0 Å². The molecule has 0 spiro atoms. The van der Waals surface area contributed by atoms with Crippen LogP contribution in [0.25, 0.3) is 6.08 Å². The molecule has 1 saturated heterocycles. The highest BCUT2D eigenvalue weighted by molar-refractivity contribution is 5.57. The maximum absolute atomic E-state index is 5.73. The minimum atomic E-state index is 0.588. The number of hydrogen-bond acceptors (Lipinski definition) is 3. The molecule has 1 aliphatic heterocycles. The van der Waals surface area contributed by atoms with Gasteiger partial charge in [-0.15, -0.1) is 0 Å². The molecule has 2 heterocycles. The van der Waals surface area contributed by atoms with E-state index in [0.717, 1.165) is 18.1 Å². The Morgan fingerprint density at radius 3 is 2.80 bits per heavy atom. The van der Waals surface area contributed by atoms with Crippen LogP contribution in [0.4, 0.5) is 5.82 Å². The van der Waals surface area contributed by atoms with Crippen molar-refractivity contribution >= 4 is 11.9 Å². The molecule has 0 radical (unpaired) electrons. The molecule has 0 bridgehead atoms. The van der Waals surface area contributed by atoms with Gasteiger partial charge in [0.25, 0.3) is 0 Å². The lowest BCUT2D eigenvalue weighted by Crippen LogP contribution is -2.18. The summed E-state index contributed by atoms with van der Waals surface area (Å²) in [7, 11) is 0. The SMILES string of the molecule is Cc1nc(N)c(/C=C\CN2CCCC2)[nH]1. The normalized spacial score (nSPS) is 17.9. The molecule has 1 fully saturated rings. The molecular weight excluding hydrogens is 188 g/mol. The second kappa shape index (κ2) is 4.49. The van der Waals surface area contributed by atoms with Crippen LogP contribution in [0.1, 0.15) is 24.4 Å². The Labute approximate surface area is 90.2 Å². The summed E-state index contributed by atoms with van der Waals surface area (Å²) in [6.07, 6.45) is 6.83. The van der Waals surface area contributed by atoms with Crippen molar-refractivity contribution in [3.05, 3.63) is 17.6 Å². The Bertz CT molecular complexity index is 347. The predicted octanol–water partition coefficient (Wildman–Crippen LogP) is 1.41. The zero-order valence-corrected chi connectivity index (χ0v) is 9.16. The molecule has 4 nitrogen and oxygen atoms in total. The largest absolute Gasteiger partial charge is 0.382 e. The van der Waals surface area contributed by atoms with Gasteiger partial charge >= 0.3 is 0 Å². The number of hydrogen-bond donors (Lipinski definition) is 2. The van der Waals surface area contributed by atoms with Gasteiger partial charge in [0.05, 0.1) is 5.69 Å². The van der Waals surface area contributed by atoms with Crippen LogP contribution in [-0.2, 0) is 0 Å². The van der Waals surface area contributed by atoms with Gasteiger partial charge < -0.3 is 10.7 Å². The molecule has 0 unspecified atom stereocenters. The Morgan fingerprint density at radius 2 is 2.20 bits per heavy atom. The number of aryl methyl sites for hydroxylation is 1. The lowest BCUT2D eigenvalue weighted by Gasteiger charge is -2.10. The minimum absolute atomic E-state index is 0.588. The zero-order valence-electron chi connectivity index (χ0n) is 9.16. The highest BCUT2D eigenvalue weighted by Gasteiger charge is 2.08. The molecule has 1 aromatic heterocycles. The van der Waals surface area contributed by atoms with Crippen LogP contribution < -0.4 is 5.73 Å². The second-order valence-corrected chi connectivity index (χ2v) is 4.03. The molecule has 0 aliphatic carbocycles. The maximum atomic E-state index is 5.73. The first-order valence-electron chi connectivity index (χ1n) is 5.46. The van der Waals surface area contributed by atoms with E-state index in [1.165, 1.54) is 25.9 Å². The van der Waals surface area contributed by atoms with Crippen LogP contribution in [0.3, 0.4) is 0 Å². The Kier molecular flexibility index (Phi) is 3.06. The lowest BCUT2D eigenvalue weighted by molar-refractivity contribution is 0.378. The van der Waals surface area contributed by atoms with Gasteiger partial charge in [-0.25, -0.2) is 4.98 Å². The third-order valence-corrected chi connectivity index (χ3v) is 2.73. The van der Waals surface area contributed by atoms with Gasteiger partial charge in [0.2, 0.25) is 0 Å². The third kappa shape index (κ3) is 2.59. The minimum Gasteiger partial charge on any atom is -0.382 e. The summed E-state index contributed by atoms with van der Waals surface area (Å²) in [5.41, 5.74) is 6.65. The number of nitrogens with zero attached hydrogens (tertiary/aromatic N) is 2. The molecule has 1 aromatic rings. The van der Waals surface area contributed by atoms with E-state index >= 15 is 0 Å². The van der Waals surface area contributed by atoms with Crippen molar-refractivity contribution in [1.82, 2.24) is 14.9 Å². The summed E-state index contributed by atoms with van der Waals surface area (Å²) in [5.74, 6) is 1.46. The fourth-order valence-corrected chi connectivity index (χ4v) is 1.94. The molecular formula is C11H18N4. The molecule has 82 valence electrons. The van der Waals surface area contributed by atoms with Crippen molar-refractivity contribution in [3.8, 4) is 0 Å². The monoisotopic (exact) mass is 206 g/mol. The zero-order chi connectivity index (χ0) is 10.7. The number of nitrogens with two attached hydrogens (primary N) is 1. The van der Waals surface area contributed by atoms with Crippen molar-refractivity contribution < 1.29 is 0 Å². The van der Waals surface area contributed by atoms with Gasteiger partial charge in [-0.05, 0) is 38.9 Å². The van der Waals surface area contributed by atoms with Gasteiger partial charge in [-0.3, -0.25) is 4.90 Å². The van der Waals surface area contributed by atoms with Gasteiger partial charge in [0, 0.05) is 6.54 Å². The Hall–Kier alpha value is -1.29. The quantitative estimate of drug-likeness (QED) is 0.786. The first-order chi connectivity index (χ1) is 7.25. The van der Waals surface area contributed by atoms with Crippen molar-refractivity contribution in [2.45, 2.75) is 19.8 Å². The van der Waals surface area contributed by atoms with Crippen LogP contribution in [0.15, 0.2) is 6.08 Å². The number of nitrogen functional groups attached to an aromatic ring is 1. The average Bonchev–Trinajstić information content (AvgIpc) is 2.77. The van der Waals surface area contributed by atoms with E-state index in [1.807, 2.05) is 13.0 Å². The number of nitrogens with one attached hydrogen (secondary N) is 1. The first-order valence-corrected chi connectivity index (χ1v) is 5.46. The van der Waals surface area contributed by atoms with Gasteiger partial charge in [-0.2, -0.15) is 0 Å². The molecule has 1 aliphatic rings. The van der Waals surface area contributed by atoms with Gasteiger partial charge in [-0.1, -0.05) is 6.08 Å². The number of likely N-dealkylation sites (tertiary alicyclic amines) is 1. The predicted molar refractivity (Wildman–Crippen MR) is 62.4 cm³/mol. The number of imidazole rings is 1. The third-order valence-electron chi connectivity index (χ3n) is 2.73. The van der Waals surface area contributed by atoms with Crippen molar-refractivity contribution in [2.24, 2.45) is 0 Å². The molecule has 0 aromatic carbocycles. The smallest absolute Gasteiger partial charge is 0.149 e. The summed E-state index contributed by atoms with van der Waals surface area (Å²) < 4.78 is 0. The van der Waals surface area contributed by atoms with E-state index in [-0.39, 0.29) is 0 Å². The highest BCUT2D eigenvalue weighted by Crippen LogP contribution is 2.11. The molecule has 4 heteroatoms. The summed E-state index contributed by atoms with van der Waals surface area (Å²) >= 11 is 0. The van der Waals surface area contributed by atoms with Crippen LogP contribution in [-0.4, -0.2) is 34.5 Å². The van der Waals surface area contributed by atoms with Gasteiger partial charge in [0.15, 0.2) is 0 Å². The number of rotatable bonds is 3. The number of aromatic amines is 1. The topological polar surface area (TPSA) is 57.9 Å². The van der Waals surface area contributed by atoms with E-state index in [2.05, 4.69) is 20.9 Å². The molecule has 0 amide bonds. The first kappa shape index (κ1) is 10.2. The Morgan fingerprint density at radius 1 is 1.47 bits per heavy atom. The lowest BCUT2D eigenvalue weighted by atomic mass is 10.3. The van der Waals surface area contributed by atoms with E-state index in [9.17, 15) is 0 Å². The summed E-state index contributed by atoms with van der Waals surface area (Å²) in [5, 5.41) is 0. The molecule has 2 rings (SSSR count).